The van der Waals surface area contributed by atoms with Crippen molar-refractivity contribution >= 4 is 84.2 Å². The Balaban J connectivity index is 1.87. The van der Waals surface area contributed by atoms with Crippen LogP contribution in [0.5, 0.6) is 0 Å². The first kappa shape index (κ1) is 29.8. The van der Waals surface area contributed by atoms with E-state index >= 15 is 0 Å². The van der Waals surface area contributed by atoms with E-state index in [0.29, 0.717) is 0 Å². The van der Waals surface area contributed by atoms with Crippen molar-refractivity contribution in [3.8, 4) is 0 Å². The molecule has 0 radical (unpaired) electrons. The molecule has 1 heterocycles. The molecular weight excluding hydrogens is 613 g/mol. The molecule has 0 atom stereocenters. The number of azo groups is 1. The molecule has 0 saturated carbocycles. The van der Waals surface area contributed by atoms with Crippen molar-refractivity contribution in [3.63, 3.8) is 0 Å². The maximum Gasteiger partial charge on any atom is 0.296 e. The van der Waals surface area contributed by atoms with Crippen molar-refractivity contribution in [2.45, 2.75) is 9.79 Å². The number of anilines is 3. The topological polar surface area (TPSA) is 238 Å². The van der Waals surface area contributed by atoms with Crippen molar-refractivity contribution in [3.05, 3.63) is 47.0 Å². The number of nitrogens with two attached hydrogens (primary N) is 1. The minimum absolute atomic E-state index is 0.0449. The third-order valence-electron chi connectivity index (χ3n) is 4.24. The minimum Gasteiger partial charge on any atom is -0.398 e. The highest BCUT2D eigenvalue weighted by Crippen LogP contribution is 2.35. The Hall–Kier alpha value is -2.72. The van der Waals surface area contributed by atoms with E-state index in [2.05, 4.69) is 39.9 Å². The Labute approximate surface area is 229 Å². The zero-order valence-corrected chi connectivity index (χ0v) is 22.4. The quantitative estimate of drug-likeness (QED) is 0.0422. The van der Waals surface area contributed by atoms with Crippen LogP contribution in [0.25, 0.3) is 0 Å². The minimum atomic E-state index is -4.72. The van der Waals surface area contributed by atoms with Gasteiger partial charge in [-0.15, -0.1) is 9.45 Å². The van der Waals surface area contributed by atoms with E-state index in [1.165, 1.54) is 24.3 Å². The van der Waals surface area contributed by atoms with Crippen LogP contribution in [0.15, 0.2) is 56.4 Å². The van der Waals surface area contributed by atoms with Crippen molar-refractivity contribution in [2.24, 2.45) is 10.2 Å². The summed E-state index contributed by atoms with van der Waals surface area (Å²) in [5.41, 5.74) is 5.56. The van der Waals surface area contributed by atoms with Gasteiger partial charge in [-0.3, -0.25) is 8.74 Å². The van der Waals surface area contributed by atoms with Gasteiger partial charge in [0.1, 0.15) is 10.6 Å². The number of hydrogen-bond acceptors (Lipinski definition) is 16. The van der Waals surface area contributed by atoms with Crippen LogP contribution in [0.1, 0.15) is 0 Å². The lowest BCUT2D eigenvalue weighted by molar-refractivity contribution is -0.434. The first-order valence-corrected chi connectivity index (χ1v) is 14.2. The molecule has 21 heteroatoms. The second-order valence-electron chi connectivity index (χ2n) is 6.75. The van der Waals surface area contributed by atoms with Crippen molar-refractivity contribution in [1.82, 2.24) is 15.0 Å². The molecule has 38 heavy (non-hydrogen) atoms. The molecule has 0 bridgehead atoms. The van der Waals surface area contributed by atoms with Gasteiger partial charge < -0.3 is 11.1 Å². The summed E-state index contributed by atoms with van der Waals surface area (Å²) < 4.78 is 66.4. The molecule has 0 spiro atoms. The second-order valence-corrected chi connectivity index (χ2v) is 11.4. The van der Waals surface area contributed by atoms with E-state index in [-0.39, 0.29) is 63.1 Å². The normalized spacial score (nSPS) is 12.2. The summed E-state index contributed by atoms with van der Waals surface area (Å²) in [5, 5.41) is 21.5. The molecule has 1 aromatic heterocycles. The smallest absolute Gasteiger partial charge is 0.296 e. The van der Waals surface area contributed by atoms with Gasteiger partial charge in [0.05, 0.1) is 34.3 Å². The predicted molar refractivity (Wildman–Crippen MR) is 135 cm³/mol. The first-order valence-electron chi connectivity index (χ1n) is 9.65. The average molecular weight is 628 g/mol. The van der Waals surface area contributed by atoms with E-state index in [9.17, 15) is 21.4 Å². The molecule has 16 nitrogen and oxygen atoms in total. The molecule has 2 aromatic carbocycles. The van der Waals surface area contributed by atoms with Crippen LogP contribution >= 0.6 is 35.5 Å². The Morgan fingerprint density at radius 1 is 1.03 bits per heavy atom. The van der Waals surface area contributed by atoms with Gasteiger partial charge in [-0.25, -0.2) is 13.7 Å². The molecule has 0 aliphatic rings. The van der Waals surface area contributed by atoms with E-state index in [1.54, 1.807) is 0 Å². The average Bonchev–Trinajstić information content (AvgIpc) is 2.82. The number of aromatic nitrogens is 3. The molecule has 5 N–H and O–H groups in total. The number of sulfone groups is 1. The predicted octanol–water partition coefficient (Wildman–Crippen LogP) is 3.94. The maximum atomic E-state index is 12.4. The molecule has 0 aliphatic heterocycles. The van der Waals surface area contributed by atoms with Gasteiger partial charge in [0.25, 0.3) is 10.1 Å². The van der Waals surface area contributed by atoms with Crippen LogP contribution in [0.3, 0.4) is 0 Å². The summed E-state index contributed by atoms with van der Waals surface area (Å²) in [6.07, 6.45) is 0. The number of hydrogen-bond donors (Lipinski definition) is 4. The largest absolute Gasteiger partial charge is 0.398 e. The van der Waals surface area contributed by atoms with Crippen molar-refractivity contribution in [2.75, 3.05) is 23.4 Å². The number of rotatable bonds is 12. The van der Waals surface area contributed by atoms with Crippen LogP contribution in [0, 0.1) is 0 Å². The third kappa shape index (κ3) is 8.39. The van der Waals surface area contributed by atoms with Gasteiger partial charge in [-0.05, 0) is 59.6 Å². The standard InChI is InChI=1S/C17H15Cl2N7O9S3/c18-15-22-16(19)24-17(23-15)21-12-7-11(20)14(38(30,31)32)8-13(12)26-25-9-1-3-10(4-2-9)37(28,29)6-5-33-36-35-34-27/h1-4,7-8,27H,5-6,20H2,(H,30,31,32)(H,21,22,23,24)/b26-25+. The van der Waals surface area contributed by atoms with Gasteiger partial charge >= 0.3 is 0 Å². The summed E-state index contributed by atoms with van der Waals surface area (Å²) in [5.74, 6) is -0.530. The lowest BCUT2D eigenvalue weighted by Gasteiger charge is -2.11. The summed E-state index contributed by atoms with van der Waals surface area (Å²) >= 11 is 11.8. The SMILES string of the molecule is Nc1cc(Nc2nc(Cl)nc(Cl)n2)c(/N=N/c2ccc(S(=O)(=O)CCOSOOO)cc2)cc1S(=O)(=O)O. The van der Waals surface area contributed by atoms with Gasteiger partial charge in [0, 0.05) is 0 Å². The number of nitrogens with zero attached hydrogens (tertiary/aromatic N) is 5. The summed E-state index contributed by atoms with van der Waals surface area (Å²) in [4.78, 5) is 10.6. The summed E-state index contributed by atoms with van der Waals surface area (Å²) in [7, 11) is -8.46. The molecule has 204 valence electrons. The molecule has 3 rings (SSSR count). The molecule has 0 fully saturated rings. The molecule has 0 aliphatic carbocycles. The second kappa shape index (κ2) is 12.9. The Morgan fingerprint density at radius 2 is 1.68 bits per heavy atom. The van der Waals surface area contributed by atoms with Crippen molar-refractivity contribution < 1.29 is 40.2 Å². The maximum absolute atomic E-state index is 12.4. The lowest BCUT2D eigenvalue weighted by Crippen LogP contribution is -2.10. The fourth-order valence-electron chi connectivity index (χ4n) is 2.65. The van der Waals surface area contributed by atoms with Crippen molar-refractivity contribution in [1.29, 1.82) is 0 Å². The van der Waals surface area contributed by atoms with Gasteiger partial charge in [0.2, 0.25) is 16.5 Å². The highest BCUT2D eigenvalue weighted by atomic mass is 35.5. The third-order valence-corrected chi connectivity index (χ3v) is 7.57. The van der Waals surface area contributed by atoms with E-state index in [0.717, 1.165) is 12.1 Å². The van der Waals surface area contributed by atoms with Gasteiger partial charge in [-0.1, -0.05) is 5.04 Å². The summed E-state index contributed by atoms with van der Waals surface area (Å²) in [6.45, 7) is -0.265. The number of nitrogen functional groups attached to an aromatic ring is 1. The molecule has 0 amide bonds. The van der Waals surface area contributed by atoms with Crippen LogP contribution in [-0.2, 0) is 33.5 Å². The van der Waals surface area contributed by atoms with E-state index in [1.807, 2.05) is 0 Å². The highest BCUT2D eigenvalue weighted by molar-refractivity contribution is 7.91. The number of benzene rings is 2. The van der Waals surface area contributed by atoms with Crippen LogP contribution in [0.2, 0.25) is 10.6 Å². The fourth-order valence-corrected chi connectivity index (χ4v) is 5.04. The van der Waals surface area contributed by atoms with Gasteiger partial charge in [-0.2, -0.15) is 28.5 Å². The fraction of sp³-hybridized carbons (Fsp3) is 0.118. The first-order chi connectivity index (χ1) is 17.9. The zero-order valence-electron chi connectivity index (χ0n) is 18.4. The Morgan fingerprint density at radius 3 is 2.29 bits per heavy atom. The van der Waals surface area contributed by atoms with E-state index in [4.69, 9.17) is 38.4 Å². The van der Waals surface area contributed by atoms with E-state index < -0.39 is 30.6 Å². The molecule has 0 unspecified atom stereocenters. The number of halogens is 2. The Kier molecular flexibility index (Phi) is 10.1. The number of nitrogens with one attached hydrogen (secondary N) is 1. The van der Waals surface area contributed by atoms with Gasteiger partial charge in [0.15, 0.2) is 22.2 Å². The summed E-state index contributed by atoms with van der Waals surface area (Å²) in [6, 6.07) is 7.30. The molecular formula is C17H15Cl2N7O9S3. The zero-order chi connectivity index (χ0) is 27.9. The lowest BCUT2D eigenvalue weighted by atomic mass is 10.2. The van der Waals surface area contributed by atoms with Crippen LogP contribution in [0.4, 0.5) is 28.7 Å². The Bertz CT molecular complexity index is 1520. The highest BCUT2D eigenvalue weighted by Gasteiger charge is 2.19. The van der Waals surface area contributed by atoms with Crippen LogP contribution in [-0.4, -0.2) is 54.0 Å². The molecule has 3 aromatic rings. The monoisotopic (exact) mass is 627 g/mol. The molecule has 0 saturated heterocycles. The van der Waals surface area contributed by atoms with Crippen LogP contribution < -0.4 is 11.1 Å².